The number of carbonyl (C=O) groups excluding carboxylic acids is 1. The fourth-order valence-corrected chi connectivity index (χ4v) is 2.51. The zero-order valence-corrected chi connectivity index (χ0v) is 15.2. The van der Waals surface area contributed by atoms with Crippen LogP contribution in [0, 0.1) is 0 Å². The zero-order valence-electron chi connectivity index (χ0n) is 15.2. The minimum Gasteiger partial charge on any atom is -0.497 e. The minimum atomic E-state index is -0.276. The number of aromatic nitrogens is 1. The fraction of sp³-hybridized carbons (Fsp3) is 0.200. The monoisotopic (exact) mass is 367 g/mol. The number of anilines is 2. The Kier molecular flexibility index (Phi) is 6.06. The highest BCUT2D eigenvalue weighted by atomic mass is 16.5. The van der Waals surface area contributed by atoms with Gasteiger partial charge in [0.25, 0.3) is 5.91 Å². The van der Waals surface area contributed by atoms with Crippen LogP contribution in [0.4, 0.5) is 11.5 Å². The highest BCUT2D eigenvalue weighted by Crippen LogP contribution is 2.24. The third kappa shape index (κ3) is 4.65. The number of ether oxygens (including phenoxy) is 2. The lowest BCUT2D eigenvalue weighted by Crippen LogP contribution is -2.18. The van der Waals surface area contributed by atoms with E-state index in [2.05, 4.69) is 15.6 Å². The molecule has 0 saturated heterocycles. The SMILES string of the molecule is COCCNc1nc(-c2ccco2)ccc1C(=O)Nc1cccc(OC)c1. The maximum absolute atomic E-state index is 12.8. The van der Waals surface area contributed by atoms with Crippen LogP contribution in [0.25, 0.3) is 11.5 Å². The number of amides is 1. The molecule has 0 saturated carbocycles. The maximum Gasteiger partial charge on any atom is 0.259 e. The van der Waals surface area contributed by atoms with Crippen molar-refractivity contribution in [1.82, 2.24) is 4.98 Å². The Balaban J connectivity index is 1.86. The molecule has 0 aliphatic heterocycles. The van der Waals surface area contributed by atoms with E-state index in [4.69, 9.17) is 13.9 Å². The Labute approximate surface area is 157 Å². The highest BCUT2D eigenvalue weighted by molar-refractivity contribution is 6.07. The number of methoxy groups -OCH3 is 2. The smallest absolute Gasteiger partial charge is 0.259 e. The maximum atomic E-state index is 12.8. The zero-order chi connectivity index (χ0) is 19.1. The Morgan fingerprint density at radius 1 is 1.15 bits per heavy atom. The molecule has 0 aliphatic carbocycles. The predicted octanol–water partition coefficient (Wildman–Crippen LogP) is 3.66. The van der Waals surface area contributed by atoms with Crippen molar-refractivity contribution in [1.29, 1.82) is 0 Å². The second-order valence-corrected chi connectivity index (χ2v) is 5.68. The Bertz CT molecular complexity index is 894. The van der Waals surface area contributed by atoms with Crippen LogP contribution in [0.5, 0.6) is 5.75 Å². The number of rotatable bonds is 8. The molecule has 1 amide bonds. The summed E-state index contributed by atoms with van der Waals surface area (Å²) in [6, 6.07) is 14.2. The van der Waals surface area contributed by atoms with Crippen LogP contribution >= 0.6 is 0 Å². The third-order valence-electron chi connectivity index (χ3n) is 3.84. The van der Waals surface area contributed by atoms with Gasteiger partial charge < -0.3 is 24.5 Å². The normalized spacial score (nSPS) is 10.4. The number of carbonyl (C=O) groups is 1. The average molecular weight is 367 g/mol. The standard InChI is InChI=1S/C20H21N3O4/c1-25-12-10-21-19-16(8-9-17(23-19)18-7-4-11-27-18)20(24)22-14-5-3-6-15(13-14)26-2/h3-9,11,13H,10,12H2,1-2H3,(H,21,23)(H,22,24). The van der Waals surface area contributed by atoms with Gasteiger partial charge in [-0.25, -0.2) is 4.98 Å². The minimum absolute atomic E-state index is 0.276. The lowest BCUT2D eigenvalue weighted by molar-refractivity contribution is 0.102. The molecule has 0 spiro atoms. The Morgan fingerprint density at radius 3 is 2.78 bits per heavy atom. The number of pyridine rings is 1. The Morgan fingerprint density at radius 2 is 2.04 bits per heavy atom. The van der Waals surface area contributed by atoms with Crippen LogP contribution in [-0.4, -0.2) is 38.3 Å². The highest BCUT2D eigenvalue weighted by Gasteiger charge is 2.15. The number of hydrogen-bond acceptors (Lipinski definition) is 6. The van der Waals surface area contributed by atoms with Crippen LogP contribution < -0.4 is 15.4 Å². The molecule has 2 aromatic heterocycles. The molecule has 0 bridgehead atoms. The number of nitrogens with one attached hydrogen (secondary N) is 2. The van der Waals surface area contributed by atoms with Crippen LogP contribution in [0.2, 0.25) is 0 Å². The van der Waals surface area contributed by atoms with E-state index in [1.165, 1.54) is 0 Å². The van der Waals surface area contributed by atoms with Gasteiger partial charge in [-0.15, -0.1) is 0 Å². The molecule has 0 radical (unpaired) electrons. The summed E-state index contributed by atoms with van der Waals surface area (Å²) >= 11 is 0. The lowest BCUT2D eigenvalue weighted by Gasteiger charge is -2.13. The van der Waals surface area contributed by atoms with Crippen LogP contribution in [0.1, 0.15) is 10.4 Å². The van der Waals surface area contributed by atoms with E-state index in [0.717, 1.165) is 0 Å². The number of furan rings is 1. The van der Waals surface area contributed by atoms with Gasteiger partial charge in [0, 0.05) is 25.4 Å². The van der Waals surface area contributed by atoms with Crippen molar-refractivity contribution in [2.24, 2.45) is 0 Å². The van der Waals surface area contributed by atoms with Crippen molar-refractivity contribution in [3.63, 3.8) is 0 Å². The summed E-state index contributed by atoms with van der Waals surface area (Å²) in [5.41, 5.74) is 1.69. The predicted molar refractivity (Wildman–Crippen MR) is 103 cm³/mol. The number of benzene rings is 1. The van der Waals surface area contributed by atoms with Gasteiger partial charge in [0.1, 0.15) is 17.3 Å². The second-order valence-electron chi connectivity index (χ2n) is 5.68. The van der Waals surface area contributed by atoms with Gasteiger partial charge in [-0.3, -0.25) is 4.79 Å². The molecule has 7 heteroatoms. The van der Waals surface area contributed by atoms with Crippen molar-refractivity contribution < 1.29 is 18.7 Å². The van der Waals surface area contributed by atoms with Gasteiger partial charge in [0.15, 0.2) is 5.76 Å². The first-order valence-corrected chi connectivity index (χ1v) is 8.44. The summed E-state index contributed by atoms with van der Waals surface area (Å²) in [5, 5.41) is 6.01. The molecule has 2 N–H and O–H groups in total. The van der Waals surface area contributed by atoms with Crippen molar-refractivity contribution in [3.05, 3.63) is 60.4 Å². The van der Waals surface area contributed by atoms with Gasteiger partial charge in [-0.1, -0.05) is 6.07 Å². The molecule has 0 aliphatic rings. The van der Waals surface area contributed by atoms with Crippen molar-refractivity contribution >= 4 is 17.4 Å². The molecular formula is C20H21N3O4. The van der Waals surface area contributed by atoms with Crippen molar-refractivity contribution in [3.8, 4) is 17.2 Å². The molecule has 7 nitrogen and oxygen atoms in total. The van der Waals surface area contributed by atoms with Crippen LogP contribution in [-0.2, 0) is 4.74 Å². The van der Waals surface area contributed by atoms with Gasteiger partial charge in [-0.05, 0) is 36.4 Å². The van der Waals surface area contributed by atoms with Crippen molar-refractivity contribution in [2.45, 2.75) is 0 Å². The summed E-state index contributed by atoms with van der Waals surface area (Å²) < 4.78 is 15.6. The molecule has 1 aromatic carbocycles. The van der Waals surface area contributed by atoms with Crippen LogP contribution in [0.15, 0.2) is 59.2 Å². The van der Waals surface area contributed by atoms with E-state index in [9.17, 15) is 4.79 Å². The first kappa shape index (κ1) is 18.5. The third-order valence-corrected chi connectivity index (χ3v) is 3.84. The molecule has 0 atom stereocenters. The van der Waals surface area contributed by atoms with E-state index < -0.39 is 0 Å². The quantitative estimate of drug-likeness (QED) is 0.591. The lowest BCUT2D eigenvalue weighted by atomic mass is 10.2. The molecule has 27 heavy (non-hydrogen) atoms. The van der Waals surface area contributed by atoms with E-state index in [0.29, 0.717) is 47.4 Å². The summed E-state index contributed by atoms with van der Waals surface area (Å²) in [7, 11) is 3.20. The van der Waals surface area contributed by atoms with E-state index in [-0.39, 0.29) is 5.91 Å². The number of nitrogens with zero attached hydrogens (tertiary/aromatic N) is 1. The Hall–Kier alpha value is -3.32. The average Bonchev–Trinajstić information content (AvgIpc) is 3.23. The fourth-order valence-electron chi connectivity index (χ4n) is 2.51. The summed E-state index contributed by atoms with van der Waals surface area (Å²) in [5.74, 6) is 1.48. The molecule has 140 valence electrons. The van der Waals surface area contributed by atoms with E-state index in [1.54, 1.807) is 50.8 Å². The molecule has 2 heterocycles. The van der Waals surface area contributed by atoms with Crippen molar-refractivity contribution in [2.75, 3.05) is 38.0 Å². The summed E-state index contributed by atoms with van der Waals surface area (Å²) in [6.07, 6.45) is 1.58. The molecule has 0 fully saturated rings. The molecule has 3 aromatic rings. The molecular weight excluding hydrogens is 346 g/mol. The largest absolute Gasteiger partial charge is 0.497 e. The molecule has 3 rings (SSSR count). The first-order valence-electron chi connectivity index (χ1n) is 8.44. The topological polar surface area (TPSA) is 85.6 Å². The summed E-state index contributed by atoms with van der Waals surface area (Å²) in [6.45, 7) is 1.01. The van der Waals surface area contributed by atoms with Gasteiger partial charge >= 0.3 is 0 Å². The number of hydrogen-bond donors (Lipinski definition) is 2. The second kappa shape index (κ2) is 8.86. The first-order chi connectivity index (χ1) is 13.2. The van der Waals surface area contributed by atoms with Gasteiger partial charge in [0.05, 0.1) is 25.5 Å². The van der Waals surface area contributed by atoms with E-state index >= 15 is 0 Å². The van der Waals surface area contributed by atoms with Gasteiger partial charge in [0.2, 0.25) is 0 Å². The van der Waals surface area contributed by atoms with Gasteiger partial charge in [-0.2, -0.15) is 0 Å². The summed E-state index contributed by atoms with van der Waals surface area (Å²) in [4.78, 5) is 17.3. The van der Waals surface area contributed by atoms with Crippen LogP contribution in [0.3, 0.4) is 0 Å². The van der Waals surface area contributed by atoms with E-state index in [1.807, 2.05) is 18.2 Å². The molecule has 0 unspecified atom stereocenters.